The molecule has 1 aromatic heterocycles. The number of nitrogen functional groups attached to an aromatic ring is 1. The molecule has 2 aromatic rings. The average molecular weight is 242 g/mol. The minimum Gasteiger partial charge on any atom is -0.368 e. The third-order valence-corrected chi connectivity index (χ3v) is 2.28. The van der Waals surface area contributed by atoms with Gasteiger partial charge in [0, 0.05) is 6.20 Å². The SMILES string of the molecule is Nc1ncc2c(F)c(Br)ccc2n1. The molecule has 13 heavy (non-hydrogen) atoms. The monoisotopic (exact) mass is 241 g/mol. The molecular weight excluding hydrogens is 237 g/mol. The van der Waals surface area contributed by atoms with E-state index in [-0.39, 0.29) is 11.8 Å². The number of hydrogen-bond acceptors (Lipinski definition) is 3. The largest absolute Gasteiger partial charge is 0.368 e. The van der Waals surface area contributed by atoms with Gasteiger partial charge < -0.3 is 5.73 Å². The first-order valence-corrected chi connectivity index (χ1v) is 4.34. The lowest BCUT2D eigenvalue weighted by Crippen LogP contribution is -1.95. The van der Waals surface area contributed by atoms with E-state index >= 15 is 0 Å². The molecule has 0 amide bonds. The first-order chi connectivity index (χ1) is 6.18. The Balaban J connectivity index is 2.87. The van der Waals surface area contributed by atoms with Crippen LogP contribution in [0.5, 0.6) is 0 Å². The van der Waals surface area contributed by atoms with Gasteiger partial charge in [0.2, 0.25) is 5.95 Å². The van der Waals surface area contributed by atoms with E-state index in [1.54, 1.807) is 12.1 Å². The smallest absolute Gasteiger partial charge is 0.220 e. The van der Waals surface area contributed by atoms with Gasteiger partial charge in [0.05, 0.1) is 15.4 Å². The van der Waals surface area contributed by atoms with Crippen molar-refractivity contribution in [3.8, 4) is 0 Å². The summed E-state index contributed by atoms with van der Waals surface area (Å²) in [5.41, 5.74) is 5.86. The molecular formula is C8H5BrFN3. The molecule has 0 saturated carbocycles. The molecule has 0 saturated heterocycles. The topological polar surface area (TPSA) is 51.8 Å². The lowest BCUT2D eigenvalue weighted by atomic mass is 10.2. The highest BCUT2D eigenvalue weighted by molar-refractivity contribution is 9.10. The van der Waals surface area contributed by atoms with Crippen molar-refractivity contribution in [2.45, 2.75) is 0 Å². The number of aromatic nitrogens is 2. The van der Waals surface area contributed by atoms with Gasteiger partial charge in [-0.3, -0.25) is 0 Å². The van der Waals surface area contributed by atoms with Gasteiger partial charge in [-0.15, -0.1) is 0 Å². The van der Waals surface area contributed by atoms with Crippen LogP contribution in [0.2, 0.25) is 0 Å². The van der Waals surface area contributed by atoms with Gasteiger partial charge in [-0.25, -0.2) is 14.4 Å². The van der Waals surface area contributed by atoms with Crippen molar-refractivity contribution >= 4 is 32.8 Å². The van der Waals surface area contributed by atoms with Gasteiger partial charge in [-0.1, -0.05) is 0 Å². The molecule has 0 aliphatic carbocycles. The van der Waals surface area contributed by atoms with Crippen LogP contribution in [0.25, 0.3) is 10.9 Å². The van der Waals surface area contributed by atoms with Crippen LogP contribution < -0.4 is 5.73 Å². The Bertz CT molecular complexity index is 472. The second kappa shape index (κ2) is 2.92. The number of benzene rings is 1. The summed E-state index contributed by atoms with van der Waals surface area (Å²) in [6.07, 6.45) is 1.37. The van der Waals surface area contributed by atoms with Crippen molar-refractivity contribution in [3.63, 3.8) is 0 Å². The first-order valence-electron chi connectivity index (χ1n) is 3.55. The van der Waals surface area contributed by atoms with E-state index in [0.29, 0.717) is 15.4 Å². The standard InChI is InChI=1S/C8H5BrFN3/c9-5-1-2-6-4(7(5)10)3-12-8(11)13-6/h1-3H,(H2,11,12,13). The van der Waals surface area contributed by atoms with E-state index in [2.05, 4.69) is 25.9 Å². The van der Waals surface area contributed by atoms with E-state index in [9.17, 15) is 4.39 Å². The number of rotatable bonds is 0. The molecule has 66 valence electrons. The zero-order valence-electron chi connectivity index (χ0n) is 6.46. The molecule has 0 aliphatic heterocycles. The fourth-order valence-electron chi connectivity index (χ4n) is 1.06. The van der Waals surface area contributed by atoms with E-state index in [4.69, 9.17) is 5.73 Å². The quantitative estimate of drug-likeness (QED) is 0.769. The van der Waals surface area contributed by atoms with Crippen molar-refractivity contribution in [1.82, 2.24) is 9.97 Å². The summed E-state index contributed by atoms with van der Waals surface area (Å²) in [6, 6.07) is 3.27. The third kappa shape index (κ3) is 1.35. The molecule has 0 spiro atoms. The Kier molecular flexibility index (Phi) is 1.88. The van der Waals surface area contributed by atoms with E-state index in [1.807, 2.05) is 0 Å². The highest BCUT2D eigenvalue weighted by atomic mass is 79.9. The summed E-state index contributed by atoms with van der Waals surface area (Å²) in [5, 5.41) is 0.364. The molecule has 1 aromatic carbocycles. The van der Waals surface area contributed by atoms with E-state index in [1.165, 1.54) is 6.20 Å². The number of fused-ring (bicyclic) bond motifs is 1. The third-order valence-electron chi connectivity index (χ3n) is 1.67. The van der Waals surface area contributed by atoms with Crippen LogP contribution in [0.4, 0.5) is 10.3 Å². The van der Waals surface area contributed by atoms with E-state index in [0.717, 1.165) is 0 Å². The summed E-state index contributed by atoms with van der Waals surface area (Å²) in [5.74, 6) is -0.216. The van der Waals surface area contributed by atoms with Gasteiger partial charge in [-0.05, 0) is 28.1 Å². The van der Waals surface area contributed by atoms with Gasteiger partial charge in [0.25, 0.3) is 0 Å². The Hall–Kier alpha value is -1.23. The fraction of sp³-hybridized carbons (Fsp3) is 0. The molecule has 1 heterocycles. The zero-order valence-corrected chi connectivity index (χ0v) is 8.05. The summed E-state index contributed by atoms with van der Waals surface area (Å²) < 4.78 is 13.8. The number of halogens is 2. The summed E-state index contributed by atoms with van der Waals surface area (Å²) in [4.78, 5) is 7.60. The number of hydrogen-bond donors (Lipinski definition) is 1. The summed E-state index contributed by atoms with van der Waals surface area (Å²) in [7, 11) is 0. The Morgan fingerprint density at radius 2 is 2.15 bits per heavy atom. The van der Waals surface area contributed by atoms with Crippen LogP contribution in [0, 0.1) is 5.82 Å². The molecule has 0 aliphatic rings. The predicted octanol–water partition coefficient (Wildman–Crippen LogP) is 2.11. The van der Waals surface area contributed by atoms with Gasteiger partial charge in [0.1, 0.15) is 5.82 Å². The van der Waals surface area contributed by atoms with Crippen LogP contribution in [0.3, 0.4) is 0 Å². The predicted molar refractivity (Wildman–Crippen MR) is 51.6 cm³/mol. The van der Waals surface area contributed by atoms with Gasteiger partial charge in [-0.2, -0.15) is 0 Å². The van der Waals surface area contributed by atoms with Crippen molar-refractivity contribution in [3.05, 3.63) is 28.6 Å². The normalized spacial score (nSPS) is 10.6. The molecule has 5 heteroatoms. The summed E-state index contributed by atoms with van der Waals surface area (Å²) >= 11 is 3.07. The van der Waals surface area contributed by atoms with Crippen LogP contribution in [-0.4, -0.2) is 9.97 Å². The minimum absolute atomic E-state index is 0.147. The maximum absolute atomic E-state index is 13.4. The van der Waals surface area contributed by atoms with Crippen LogP contribution in [0.1, 0.15) is 0 Å². The van der Waals surface area contributed by atoms with Crippen molar-refractivity contribution in [2.24, 2.45) is 0 Å². The van der Waals surface area contributed by atoms with Crippen LogP contribution in [0.15, 0.2) is 22.8 Å². The Morgan fingerprint density at radius 3 is 2.92 bits per heavy atom. The first kappa shape index (κ1) is 8.37. The van der Waals surface area contributed by atoms with E-state index < -0.39 is 0 Å². The number of nitrogens with two attached hydrogens (primary N) is 1. The van der Waals surface area contributed by atoms with Gasteiger partial charge in [0.15, 0.2) is 0 Å². The Morgan fingerprint density at radius 1 is 1.38 bits per heavy atom. The Labute approximate surface area is 81.9 Å². The van der Waals surface area contributed by atoms with Crippen molar-refractivity contribution in [1.29, 1.82) is 0 Å². The highest BCUT2D eigenvalue weighted by Crippen LogP contribution is 2.23. The maximum atomic E-state index is 13.4. The van der Waals surface area contributed by atoms with Crippen LogP contribution in [-0.2, 0) is 0 Å². The molecule has 2 N–H and O–H groups in total. The number of nitrogens with zero attached hydrogens (tertiary/aromatic N) is 2. The summed E-state index contributed by atoms with van der Waals surface area (Å²) in [6.45, 7) is 0. The average Bonchev–Trinajstić information content (AvgIpc) is 2.12. The lowest BCUT2D eigenvalue weighted by Gasteiger charge is -2.00. The second-order valence-corrected chi connectivity index (χ2v) is 3.38. The van der Waals surface area contributed by atoms with Crippen molar-refractivity contribution < 1.29 is 4.39 Å². The molecule has 3 nitrogen and oxygen atoms in total. The van der Waals surface area contributed by atoms with Crippen LogP contribution >= 0.6 is 15.9 Å². The molecule has 0 unspecified atom stereocenters. The van der Waals surface area contributed by atoms with Crippen molar-refractivity contribution in [2.75, 3.05) is 5.73 Å². The molecule has 0 radical (unpaired) electrons. The lowest BCUT2D eigenvalue weighted by molar-refractivity contribution is 0.632. The molecule has 2 rings (SSSR count). The maximum Gasteiger partial charge on any atom is 0.220 e. The zero-order chi connectivity index (χ0) is 9.42. The molecule has 0 fully saturated rings. The second-order valence-electron chi connectivity index (χ2n) is 2.52. The highest BCUT2D eigenvalue weighted by Gasteiger charge is 2.06. The molecule has 0 bridgehead atoms. The fourth-order valence-corrected chi connectivity index (χ4v) is 1.41. The minimum atomic E-state index is -0.363. The number of anilines is 1. The molecule has 0 atom stereocenters. The van der Waals surface area contributed by atoms with Gasteiger partial charge >= 0.3 is 0 Å².